The summed E-state index contributed by atoms with van der Waals surface area (Å²) in [6, 6.07) is 14.2. The van der Waals surface area contributed by atoms with Crippen LogP contribution in [0, 0.1) is 5.92 Å². The maximum absolute atomic E-state index is 12.6. The number of aliphatic hydroxyl groups is 1. The summed E-state index contributed by atoms with van der Waals surface area (Å²) in [6.45, 7) is 3.88. The summed E-state index contributed by atoms with van der Waals surface area (Å²) in [5, 5.41) is 12.2. The van der Waals surface area contributed by atoms with E-state index in [9.17, 15) is 9.90 Å². The van der Waals surface area contributed by atoms with Crippen LogP contribution in [0.5, 0.6) is 0 Å². The van der Waals surface area contributed by atoms with Crippen molar-refractivity contribution >= 4 is 22.9 Å². The third kappa shape index (κ3) is 3.45. The Balaban J connectivity index is 1.39. The van der Waals surface area contributed by atoms with E-state index in [1.165, 1.54) is 18.4 Å². The quantitative estimate of drug-likeness (QED) is 0.783. The lowest BCUT2D eigenvalue weighted by Crippen LogP contribution is -2.35. The monoisotopic (exact) mass is 390 g/mol. The average molecular weight is 390 g/mol. The Morgan fingerprint density at radius 2 is 2.07 bits per heavy atom. The number of amides is 1. The highest BCUT2D eigenvalue weighted by molar-refractivity contribution is 6.36. The highest BCUT2D eigenvalue weighted by Crippen LogP contribution is 2.41. The molecular formula is C24H26N2O3. The van der Waals surface area contributed by atoms with Gasteiger partial charge in [-0.3, -0.25) is 9.69 Å². The van der Waals surface area contributed by atoms with Crippen molar-refractivity contribution in [2.24, 2.45) is 5.92 Å². The number of rotatable bonds is 4. The van der Waals surface area contributed by atoms with Gasteiger partial charge in [-0.05, 0) is 43.4 Å². The molecule has 1 amide bonds. The first-order chi connectivity index (χ1) is 14.2. The molecule has 0 saturated carbocycles. The Bertz CT molecular complexity index is 980. The second-order valence-corrected chi connectivity index (χ2v) is 8.24. The van der Waals surface area contributed by atoms with Gasteiger partial charge in [-0.1, -0.05) is 36.4 Å². The van der Waals surface area contributed by atoms with Gasteiger partial charge in [0.05, 0.1) is 5.57 Å². The molecule has 1 saturated heterocycles. The zero-order chi connectivity index (χ0) is 19.8. The normalized spacial score (nSPS) is 23.5. The molecule has 0 aliphatic carbocycles. The summed E-state index contributed by atoms with van der Waals surface area (Å²) in [5.41, 5.74) is 5.83. The standard InChI is InChI=1S/C24H26N2O3/c27-11-9-16-4-3-10-26(13-16)14-17-7-8-19-18(12-17)15-29-23(19)22-20-5-1-2-6-21(20)25-24(22)28/h1-2,5-8,12,16,27H,3-4,9-11,13-15H2,(H,25,28). The lowest BCUT2D eigenvalue weighted by Gasteiger charge is -2.32. The van der Waals surface area contributed by atoms with E-state index < -0.39 is 0 Å². The first kappa shape index (κ1) is 18.4. The molecule has 3 heterocycles. The third-order valence-corrected chi connectivity index (χ3v) is 6.23. The van der Waals surface area contributed by atoms with Crippen LogP contribution in [-0.4, -0.2) is 35.6 Å². The van der Waals surface area contributed by atoms with E-state index in [-0.39, 0.29) is 12.5 Å². The van der Waals surface area contributed by atoms with Gasteiger partial charge in [0.2, 0.25) is 0 Å². The van der Waals surface area contributed by atoms with Crippen LogP contribution in [-0.2, 0) is 22.7 Å². The van der Waals surface area contributed by atoms with Crippen LogP contribution in [0.25, 0.3) is 11.3 Å². The van der Waals surface area contributed by atoms with Gasteiger partial charge < -0.3 is 15.2 Å². The van der Waals surface area contributed by atoms with Crippen LogP contribution in [0.2, 0.25) is 0 Å². The first-order valence-electron chi connectivity index (χ1n) is 10.5. The van der Waals surface area contributed by atoms with E-state index in [1.54, 1.807) is 0 Å². The Kier molecular flexibility index (Phi) is 4.86. The van der Waals surface area contributed by atoms with Crippen molar-refractivity contribution in [1.29, 1.82) is 0 Å². The number of nitrogens with one attached hydrogen (secondary N) is 1. The SMILES string of the molecule is O=C1Nc2ccccc2C1=C1OCc2cc(CN3CCCC(CCO)C3)ccc21. The molecule has 3 aliphatic rings. The number of fused-ring (bicyclic) bond motifs is 2. The number of carbonyl (C=O) groups excluding carboxylic acids is 1. The molecule has 1 unspecified atom stereocenters. The van der Waals surface area contributed by atoms with Gasteiger partial charge in [-0.2, -0.15) is 0 Å². The van der Waals surface area contributed by atoms with Gasteiger partial charge in [-0.15, -0.1) is 0 Å². The number of aliphatic hydroxyl groups excluding tert-OH is 1. The largest absolute Gasteiger partial charge is 0.487 e. The zero-order valence-electron chi connectivity index (χ0n) is 16.5. The first-order valence-corrected chi connectivity index (χ1v) is 10.5. The molecule has 5 rings (SSSR count). The Hall–Kier alpha value is -2.63. The second kappa shape index (κ2) is 7.65. The van der Waals surface area contributed by atoms with Gasteiger partial charge in [0.1, 0.15) is 12.4 Å². The molecule has 5 heteroatoms. The van der Waals surface area contributed by atoms with Gasteiger partial charge in [0.25, 0.3) is 5.91 Å². The van der Waals surface area contributed by atoms with Crippen molar-refractivity contribution in [3.05, 3.63) is 64.7 Å². The molecule has 5 nitrogen and oxygen atoms in total. The molecule has 3 aliphatic heterocycles. The number of nitrogens with zero attached hydrogens (tertiary/aromatic N) is 1. The topological polar surface area (TPSA) is 61.8 Å². The van der Waals surface area contributed by atoms with E-state index in [0.29, 0.717) is 23.9 Å². The molecule has 0 radical (unpaired) electrons. The molecule has 1 atom stereocenters. The zero-order valence-corrected chi connectivity index (χ0v) is 16.5. The maximum Gasteiger partial charge on any atom is 0.260 e. The number of piperidine rings is 1. The van der Waals surface area contributed by atoms with E-state index in [4.69, 9.17) is 4.74 Å². The number of likely N-dealkylation sites (tertiary alicyclic amines) is 1. The number of hydrogen-bond acceptors (Lipinski definition) is 4. The Morgan fingerprint density at radius 1 is 1.17 bits per heavy atom. The summed E-state index contributed by atoms with van der Waals surface area (Å²) >= 11 is 0. The fourth-order valence-electron chi connectivity index (χ4n) is 4.83. The van der Waals surface area contributed by atoms with Crippen molar-refractivity contribution in [2.75, 3.05) is 25.0 Å². The summed E-state index contributed by atoms with van der Waals surface area (Å²) in [5.74, 6) is 1.19. The van der Waals surface area contributed by atoms with Crippen molar-refractivity contribution in [3.63, 3.8) is 0 Å². The van der Waals surface area contributed by atoms with Crippen molar-refractivity contribution in [1.82, 2.24) is 4.90 Å². The summed E-state index contributed by atoms with van der Waals surface area (Å²) in [7, 11) is 0. The smallest absolute Gasteiger partial charge is 0.260 e. The van der Waals surface area contributed by atoms with E-state index in [2.05, 4.69) is 28.4 Å². The van der Waals surface area contributed by atoms with Gasteiger partial charge >= 0.3 is 0 Å². The predicted octanol–water partition coefficient (Wildman–Crippen LogP) is 3.63. The predicted molar refractivity (Wildman–Crippen MR) is 113 cm³/mol. The average Bonchev–Trinajstić information content (AvgIpc) is 3.27. The Labute approximate surface area is 171 Å². The molecule has 150 valence electrons. The number of anilines is 1. The lowest BCUT2D eigenvalue weighted by molar-refractivity contribution is -0.110. The summed E-state index contributed by atoms with van der Waals surface area (Å²) in [4.78, 5) is 15.1. The molecule has 0 bridgehead atoms. The minimum atomic E-state index is -0.0960. The lowest BCUT2D eigenvalue weighted by atomic mass is 9.94. The maximum atomic E-state index is 12.6. The molecule has 0 aromatic heterocycles. The van der Waals surface area contributed by atoms with Crippen LogP contribution in [0.4, 0.5) is 5.69 Å². The fourth-order valence-corrected chi connectivity index (χ4v) is 4.83. The minimum absolute atomic E-state index is 0.0960. The number of hydrogen-bond donors (Lipinski definition) is 2. The van der Waals surface area contributed by atoms with E-state index >= 15 is 0 Å². The second-order valence-electron chi connectivity index (χ2n) is 8.24. The molecular weight excluding hydrogens is 364 g/mol. The van der Waals surface area contributed by atoms with Crippen molar-refractivity contribution in [2.45, 2.75) is 32.4 Å². The Morgan fingerprint density at radius 3 is 2.97 bits per heavy atom. The number of para-hydroxylation sites is 1. The van der Waals surface area contributed by atoms with Crippen LogP contribution >= 0.6 is 0 Å². The summed E-state index contributed by atoms with van der Waals surface area (Å²) < 4.78 is 6.01. The molecule has 2 aromatic carbocycles. The molecule has 0 spiro atoms. The number of benzene rings is 2. The van der Waals surface area contributed by atoms with Crippen molar-refractivity contribution < 1.29 is 14.6 Å². The third-order valence-electron chi connectivity index (χ3n) is 6.23. The van der Waals surface area contributed by atoms with Crippen LogP contribution < -0.4 is 5.32 Å². The highest BCUT2D eigenvalue weighted by Gasteiger charge is 2.32. The van der Waals surface area contributed by atoms with Gasteiger partial charge in [0.15, 0.2) is 0 Å². The summed E-state index contributed by atoms with van der Waals surface area (Å²) in [6.07, 6.45) is 3.31. The van der Waals surface area contributed by atoms with E-state index in [0.717, 1.165) is 48.4 Å². The molecule has 1 fully saturated rings. The van der Waals surface area contributed by atoms with Crippen LogP contribution in [0.3, 0.4) is 0 Å². The number of carbonyl (C=O) groups is 1. The molecule has 2 aromatic rings. The fraction of sp³-hybridized carbons (Fsp3) is 0.375. The van der Waals surface area contributed by atoms with Crippen LogP contribution in [0.15, 0.2) is 42.5 Å². The van der Waals surface area contributed by atoms with E-state index in [1.807, 2.05) is 24.3 Å². The molecule has 2 N–H and O–H groups in total. The highest BCUT2D eigenvalue weighted by atomic mass is 16.5. The van der Waals surface area contributed by atoms with Gasteiger partial charge in [0, 0.05) is 42.1 Å². The van der Waals surface area contributed by atoms with Crippen LogP contribution in [0.1, 0.15) is 41.5 Å². The number of ether oxygens (including phenoxy) is 1. The molecule has 29 heavy (non-hydrogen) atoms. The van der Waals surface area contributed by atoms with Crippen molar-refractivity contribution in [3.8, 4) is 0 Å². The van der Waals surface area contributed by atoms with Gasteiger partial charge in [-0.25, -0.2) is 0 Å². The minimum Gasteiger partial charge on any atom is -0.487 e.